The quantitative estimate of drug-likeness (QED) is 0.355. The zero-order valence-corrected chi connectivity index (χ0v) is 23.3. The van der Waals surface area contributed by atoms with E-state index in [4.69, 9.17) is 24.3 Å². The van der Waals surface area contributed by atoms with E-state index in [9.17, 15) is 4.79 Å². The molecule has 0 unspecified atom stereocenters. The van der Waals surface area contributed by atoms with Crippen molar-refractivity contribution in [2.75, 3.05) is 25.1 Å². The molecule has 4 aromatic heterocycles. The van der Waals surface area contributed by atoms with E-state index >= 15 is 0 Å². The van der Waals surface area contributed by atoms with Crippen molar-refractivity contribution in [3.8, 4) is 11.5 Å². The second kappa shape index (κ2) is 10.7. The molecule has 11 heteroatoms. The standard InChI is InChI=1S/C28H35N7O4/c1-17(36)11-19-12-20(7-8-29-19)39-22-14-30-26-25(18(22)2)34(6)27(32-26)31-24-13-23(28(3,4)5)35(33-24)15-21-16-37-9-10-38-21/h7-8,12-14,21H,9-11,15-16H2,1-6H3,(H,30,31,32,33)/t21-/m0/s1. The number of aryl methyl sites for hydroxylation is 2. The van der Waals surface area contributed by atoms with Crippen LogP contribution in [0.15, 0.2) is 30.6 Å². The van der Waals surface area contributed by atoms with Crippen LogP contribution in [0.25, 0.3) is 11.2 Å². The Morgan fingerprint density at radius 2 is 2.05 bits per heavy atom. The average molecular weight is 534 g/mol. The highest BCUT2D eigenvalue weighted by molar-refractivity contribution is 5.81. The van der Waals surface area contributed by atoms with Gasteiger partial charge in [0.1, 0.15) is 17.6 Å². The Morgan fingerprint density at radius 1 is 1.23 bits per heavy atom. The predicted octanol–water partition coefficient (Wildman–Crippen LogP) is 4.25. The fourth-order valence-electron chi connectivity index (χ4n) is 4.71. The topological polar surface area (TPSA) is 118 Å². The first-order chi connectivity index (χ1) is 18.6. The molecule has 5 heterocycles. The Balaban J connectivity index is 1.41. The number of rotatable bonds is 8. The van der Waals surface area contributed by atoms with Gasteiger partial charge in [-0.25, -0.2) is 4.98 Å². The molecule has 39 heavy (non-hydrogen) atoms. The summed E-state index contributed by atoms with van der Waals surface area (Å²) >= 11 is 0. The van der Waals surface area contributed by atoms with E-state index in [2.05, 4.69) is 42.1 Å². The highest BCUT2D eigenvalue weighted by Gasteiger charge is 2.25. The van der Waals surface area contributed by atoms with Crippen LogP contribution in [-0.2, 0) is 39.7 Å². The second-order valence-corrected chi connectivity index (χ2v) is 10.9. The number of nitrogens with zero attached hydrogens (tertiary/aromatic N) is 6. The van der Waals surface area contributed by atoms with Gasteiger partial charge in [0.25, 0.3) is 0 Å². The van der Waals surface area contributed by atoms with Gasteiger partial charge in [-0.2, -0.15) is 10.1 Å². The van der Waals surface area contributed by atoms with Gasteiger partial charge < -0.3 is 24.1 Å². The normalized spacial score (nSPS) is 16.0. The van der Waals surface area contributed by atoms with Crippen molar-refractivity contribution in [3.63, 3.8) is 0 Å². The lowest BCUT2D eigenvalue weighted by Gasteiger charge is -2.26. The molecule has 11 nitrogen and oxygen atoms in total. The number of fused-ring (bicyclic) bond motifs is 1. The third kappa shape index (κ3) is 5.94. The van der Waals surface area contributed by atoms with Crippen LogP contribution in [0.1, 0.15) is 44.6 Å². The first-order valence-electron chi connectivity index (χ1n) is 13.1. The van der Waals surface area contributed by atoms with Crippen molar-refractivity contribution < 1.29 is 19.0 Å². The number of aromatic nitrogens is 6. The Labute approximate surface area is 227 Å². The van der Waals surface area contributed by atoms with Gasteiger partial charge in [0, 0.05) is 48.5 Å². The molecule has 0 saturated carbocycles. The minimum atomic E-state index is -0.115. The molecule has 0 aliphatic carbocycles. The second-order valence-electron chi connectivity index (χ2n) is 10.9. The summed E-state index contributed by atoms with van der Waals surface area (Å²) < 4.78 is 21.5. The molecule has 0 radical (unpaired) electrons. The molecule has 0 bridgehead atoms. The number of nitrogens with one attached hydrogen (secondary N) is 1. The fraction of sp³-hybridized carbons (Fsp3) is 0.464. The van der Waals surface area contributed by atoms with Crippen LogP contribution >= 0.6 is 0 Å². The summed E-state index contributed by atoms with van der Waals surface area (Å²) in [6.45, 7) is 12.4. The maximum absolute atomic E-state index is 11.5. The predicted molar refractivity (Wildman–Crippen MR) is 147 cm³/mol. The van der Waals surface area contributed by atoms with Crippen LogP contribution in [0.2, 0.25) is 0 Å². The van der Waals surface area contributed by atoms with E-state index < -0.39 is 0 Å². The summed E-state index contributed by atoms with van der Waals surface area (Å²) in [5.41, 5.74) is 3.97. The zero-order valence-electron chi connectivity index (χ0n) is 23.3. The highest BCUT2D eigenvalue weighted by Crippen LogP contribution is 2.32. The molecule has 1 saturated heterocycles. The van der Waals surface area contributed by atoms with Gasteiger partial charge in [-0.15, -0.1) is 0 Å². The van der Waals surface area contributed by atoms with Gasteiger partial charge in [0.15, 0.2) is 17.2 Å². The van der Waals surface area contributed by atoms with Crippen LogP contribution in [0, 0.1) is 6.92 Å². The van der Waals surface area contributed by atoms with E-state index in [0.717, 1.165) is 16.8 Å². The van der Waals surface area contributed by atoms with Gasteiger partial charge >= 0.3 is 0 Å². The number of Topliss-reactive ketones (excluding diaryl/α,β-unsaturated/α-hetero) is 1. The smallest absolute Gasteiger partial charge is 0.210 e. The molecule has 5 rings (SSSR count). The van der Waals surface area contributed by atoms with Crippen LogP contribution < -0.4 is 10.1 Å². The summed E-state index contributed by atoms with van der Waals surface area (Å²) in [7, 11) is 1.93. The van der Waals surface area contributed by atoms with E-state index in [1.807, 2.05) is 23.2 Å². The van der Waals surface area contributed by atoms with Crippen LogP contribution in [-0.4, -0.2) is 61.0 Å². The first-order valence-corrected chi connectivity index (χ1v) is 13.1. The van der Waals surface area contributed by atoms with Gasteiger partial charge in [-0.3, -0.25) is 14.5 Å². The largest absolute Gasteiger partial charge is 0.455 e. The highest BCUT2D eigenvalue weighted by atomic mass is 16.6. The molecular formula is C28H35N7O4. The molecule has 206 valence electrons. The van der Waals surface area contributed by atoms with Crippen molar-refractivity contribution in [2.45, 2.75) is 59.1 Å². The minimum Gasteiger partial charge on any atom is -0.455 e. The number of anilines is 2. The number of carbonyl (C=O) groups excluding carboxylic acids is 1. The lowest BCUT2D eigenvalue weighted by atomic mass is 9.92. The molecule has 1 aliphatic rings. The number of carbonyl (C=O) groups is 1. The fourth-order valence-corrected chi connectivity index (χ4v) is 4.71. The SMILES string of the molecule is CC(=O)Cc1cc(Oc2cnc3nc(Nc4cc(C(C)(C)C)n(C[C@H]5COCCO5)n4)n(C)c3c2C)ccn1. The lowest BCUT2D eigenvalue weighted by Crippen LogP contribution is -2.34. The summed E-state index contributed by atoms with van der Waals surface area (Å²) in [6.07, 6.45) is 3.53. The number of hydrogen-bond acceptors (Lipinski definition) is 9. The Morgan fingerprint density at radius 3 is 2.77 bits per heavy atom. The Hall–Kier alpha value is -3.83. The molecule has 1 N–H and O–H groups in total. The average Bonchev–Trinajstić information content (AvgIpc) is 3.42. The molecule has 1 fully saturated rings. The minimum absolute atomic E-state index is 0.0347. The molecule has 1 aliphatic heterocycles. The van der Waals surface area contributed by atoms with Crippen molar-refractivity contribution in [3.05, 3.63) is 47.5 Å². The van der Waals surface area contributed by atoms with E-state index in [1.54, 1.807) is 31.5 Å². The van der Waals surface area contributed by atoms with Crippen molar-refractivity contribution >= 4 is 28.7 Å². The summed E-state index contributed by atoms with van der Waals surface area (Å²) in [5.74, 6) is 2.56. The number of ketones is 1. The lowest BCUT2D eigenvalue weighted by molar-refractivity contribution is -0.116. The van der Waals surface area contributed by atoms with Gasteiger partial charge in [-0.05, 0) is 19.9 Å². The van der Waals surface area contributed by atoms with Crippen LogP contribution in [0.3, 0.4) is 0 Å². The van der Waals surface area contributed by atoms with E-state index in [1.165, 1.54) is 0 Å². The summed E-state index contributed by atoms with van der Waals surface area (Å²) in [6, 6.07) is 5.59. The van der Waals surface area contributed by atoms with Crippen LogP contribution in [0.4, 0.5) is 11.8 Å². The monoisotopic (exact) mass is 533 g/mol. The molecule has 4 aromatic rings. The third-order valence-corrected chi connectivity index (χ3v) is 6.60. The maximum atomic E-state index is 11.5. The summed E-state index contributed by atoms with van der Waals surface area (Å²) in [4.78, 5) is 25.0. The summed E-state index contributed by atoms with van der Waals surface area (Å²) in [5, 5.41) is 8.22. The third-order valence-electron chi connectivity index (χ3n) is 6.60. The van der Waals surface area contributed by atoms with Gasteiger partial charge in [-0.1, -0.05) is 20.8 Å². The van der Waals surface area contributed by atoms with Crippen molar-refractivity contribution in [2.24, 2.45) is 7.05 Å². The van der Waals surface area contributed by atoms with Gasteiger partial charge in [0.05, 0.1) is 43.8 Å². The zero-order chi connectivity index (χ0) is 27.7. The molecular weight excluding hydrogens is 498 g/mol. The molecule has 0 aromatic carbocycles. The first kappa shape index (κ1) is 26.8. The van der Waals surface area contributed by atoms with Crippen molar-refractivity contribution in [1.29, 1.82) is 0 Å². The number of pyridine rings is 2. The maximum Gasteiger partial charge on any atom is 0.210 e. The Kier molecular flexibility index (Phi) is 7.37. The molecule has 1 atom stereocenters. The van der Waals surface area contributed by atoms with Gasteiger partial charge in [0.2, 0.25) is 5.95 Å². The molecule has 0 amide bonds. The number of imidazole rings is 1. The van der Waals surface area contributed by atoms with Crippen LogP contribution in [0.5, 0.6) is 11.5 Å². The van der Waals surface area contributed by atoms with E-state index in [0.29, 0.717) is 61.0 Å². The Bertz CT molecular complexity index is 1500. The molecule has 0 spiro atoms. The number of hydrogen-bond donors (Lipinski definition) is 1. The van der Waals surface area contributed by atoms with Crippen molar-refractivity contribution in [1.82, 2.24) is 29.3 Å². The van der Waals surface area contributed by atoms with E-state index in [-0.39, 0.29) is 23.7 Å². The number of ether oxygens (including phenoxy) is 3.